The summed E-state index contributed by atoms with van der Waals surface area (Å²) in [6, 6.07) is 12.5. The zero-order valence-corrected chi connectivity index (χ0v) is 15.6. The van der Waals surface area contributed by atoms with E-state index in [1.165, 1.54) is 0 Å². The first-order chi connectivity index (χ1) is 13.0. The molecule has 138 valence electrons. The Bertz CT molecular complexity index is 1020. The van der Waals surface area contributed by atoms with Gasteiger partial charge < -0.3 is 14.9 Å². The summed E-state index contributed by atoms with van der Waals surface area (Å²) in [6.45, 7) is 4.28. The fourth-order valence-corrected chi connectivity index (χ4v) is 3.51. The first-order valence-corrected chi connectivity index (χ1v) is 9.17. The van der Waals surface area contributed by atoms with E-state index in [9.17, 15) is 9.90 Å². The van der Waals surface area contributed by atoms with Gasteiger partial charge in [-0.1, -0.05) is 23.7 Å². The number of carbonyl (C=O) groups is 1. The number of rotatable bonds is 2. The molecule has 3 aromatic rings. The summed E-state index contributed by atoms with van der Waals surface area (Å²) < 4.78 is 0. The smallest absolute Gasteiger partial charge is 0.219 e. The summed E-state index contributed by atoms with van der Waals surface area (Å²) in [5, 5.41) is 11.7. The average Bonchev–Trinajstić information content (AvgIpc) is 2.67. The molecule has 6 nitrogen and oxygen atoms in total. The summed E-state index contributed by atoms with van der Waals surface area (Å²) in [4.78, 5) is 25.0. The summed E-state index contributed by atoms with van der Waals surface area (Å²) >= 11 is 6.17. The first kappa shape index (κ1) is 17.5. The first-order valence-electron chi connectivity index (χ1n) is 8.79. The number of anilines is 1. The van der Waals surface area contributed by atoms with Crippen LogP contribution in [-0.4, -0.2) is 52.1 Å². The number of phenols is 1. The third-order valence-corrected chi connectivity index (χ3v) is 5.04. The van der Waals surface area contributed by atoms with Crippen molar-refractivity contribution in [2.24, 2.45) is 0 Å². The number of piperazine rings is 1. The lowest BCUT2D eigenvalue weighted by Gasteiger charge is -2.35. The number of benzene rings is 2. The fourth-order valence-electron chi connectivity index (χ4n) is 3.34. The molecule has 1 N–H and O–H groups in total. The lowest BCUT2D eigenvalue weighted by Crippen LogP contribution is -2.48. The minimum absolute atomic E-state index is 0.0869. The van der Waals surface area contributed by atoms with Crippen LogP contribution in [0.5, 0.6) is 5.75 Å². The lowest BCUT2D eigenvalue weighted by atomic mass is 10.1. The monoisotopic (exact) mass is 382 g/mol. The fraction of sp³-hybridized carbons (Fsp3) is 0.250. The second-order valence-electron chi connectivity index (χ2n) is 6.54. The van der Waals surface area contributed by atoms with Crippen molar-refractivity contribution in [3.8, 4) is 17.1 Å². The van der Waals surface area contributed by atoms with Crippen LogP contribution in [0.2, 0.25) is 5.02 Å². The molecule has 1 aliphatic heterocycles. The van der Waals surface area contributed by atoms with Crippen molar-refractivity contribution in [2.75, 3.05) is 31.1 Å². The zero-order valence-electron chi connectivity index (χ0n) is 14.9. The molecule has 1 saturated heterocycles. The van der Waals surface area contributed by atoms with Gasteiger partial charge in [-0.3, -0.25) is 4.79 Å². The molecule has 0 saturated carbocycles. The van der Waals surface area contributed by atoms with Gasteiger partial charge in [0, 0.05) is 43.5 Å². The second-order valence-corrected chi connectivity index (χ2v) is 6.98. The molecule has 1 aromatic heterocycles. The number of amides is 1. The van der Waals surface area contributed by atoms with Crippen LogP contribution in [0.4, 0.5) is 5.82 Å². The van der Waals surface area contributed by atoms with Crippen molar-refractivity contribution >= 4 is 34.2 Å². The lowest BCUT2D eigenvalue weighted by molar-refractivity contribution is -0.129. The number of aromatic hydroxyl groups is 1. The van der Waals surface area contributed by atoms with E-state index in [4.69, 9.17) is 16.6 Å². The molecule has 27 heavy (non-hydrogen) atoms. The molecule has 1 fully saturated rings. The quantitative estimate of drug-likeness (QED) is 0.736. The van der Waals surface area contributed by atoms with Gasteiger partial charge >= 0.3 is 0 Å². The van der Waals surface area contributed by atoms with E-state index in [2.05, 4.69) is 9.88 Å². The molecule has 0 aliphatic carbocycles. The molecule has 0 unspecified atom stereocenters. The van der Waals surface area contributed by atoms with E-state index < -0.39 is 0 Å². The highest BCUT2D eigenvalue weighted by Crippen LogP contribution is 2.32. The van der Waals surface area contributed by atoms with Crippen LogP contribution in [0.25, 0.3) is 22.3 Å². The Balaban J connectivity index is 1.81. The molecular formula is C20H19ClN4O2. The molecule has 2 aromatic carbocycles. The SMILES string of the molecule is CC(=O)N1CCN(c2nc(-c3ccccc3O)nc3cc(Cl)ccc23)CC1. The van der Waals surface area contributed by atoms with E-state index in [0.29, 0.717) is 42.6 Å². The van der Waals surface area contributed by atoms with Crippen LogP contribution in [0.3, 0.4) is 0 Å². The minimum atomic E-state index is 0.0869. The van der Waals surface area contributed by atoms with Crippen LogP contribution in [0, 0.1) is 0 Å². The van der Waals surface area contributed by atoms with Gasteiger partial charge in [0.25, 0.3) is 0 Å². The van der Waals surface area contributed by atoms with E-state index >= 15 is 0 Å². The Labute approximate surface area is 162 Å². The highest BCUT2D eigenvalue weighted by molar-refractivity contribution is 6.31. The van der Waals surface area contributed by atoms with Crippen molar-refractivity contribution < 1.29 is 9.90 Å². The predicted octanol–water partition coefficient (Wildman–Crippen LogP) is 3.32. The second kappa shape index (κ2) is 7.04. The van der Waals surface area contributed by atoms with E-state index in [0.717, 1.165) is 16.7 Å². The number of aromatic nitrogens is 2. The Hall–Kier alpha value is -2.86. The number of nitrogens with zero attached hydrogens (tertiary/aromatic N) is 4. The normalized spacial score (nSPS) is 14.6. The zero-order chi connectivity index (χ0) is 19.0. The van der Waals surface area contributed by atoms with Gasteiger partial charge in [0.2, 0.25) is 5.91 Å². The largest absolute Gasteiger partial charge is 0.507 e. The van der Waals surface area contributed by atoms with Crippen LogP contribution < -0.4 is 4.90 Å². The highest BCUT2D eigenvalue weighted by atomic mass is 35.5. The van der Waals surface area contributed by atoms with Crippen molar-refractivity contribution in [1.29, 1.82) is 0 Å². The molecule has 2 heterocycles. The van der Waals surface area contributed by atoms with E-state index in [1.54, 1.807) is 31.2 Å². The van der Waals surface area contributed by atoms with Gasteiger partial charge in [0.15, 0.2) is 5.82 Å². The average molecular weight is 383 g/mol. The molecule has 7 heteroatoms. The summed E-state index contributed by atoms with van der Waals surface area (Å²) in [6.07, 6.45) is 0. The number of hydrogen-bond donors (Lipinski definition) is 1. The molecule has 0 atom stereocenters. The van der Waals surface area contributed by atoms with Gasteiger partial charge in [-0.25, -0.2) is 9.97 Å². The van der Waals surface area contributed by atoms with Gasteiger partial charge in [-0.05, 0) is 30.3 Å². The van der Waals surface area contributed by atoms with Gasteiger partial charge in [0.1, 0.15) is 11.6 Å². The number of fused-ring (bicyclic) bond motifs is 1. The Morgan fingerprint density at radius 1 is 1.07 bits per heavy atom. The van der Waals surface area contributed by atoms with E-state index in [-0.39, 0.29) is 11.7 Å². The molecule has 0 spiro atoms. The van der Waals surface area contributed by atoms with Crippen molar-refractivity contribution in [1.82, 2.24) is 14.9 Å². The Morgan fingerprint density at radius 3 is 2.52 bits per heavy atom. The van der Waals surface area contributed by atoms with Crippen LogP contribution in [-0.2, 0) is 4.79 Å². The topological polar surface area (TPSA) is 69.6 Å². The molecule has 0 radical (unpaired) electrons. The van der Waals surface area contributed by atoms with Crippen molar-refractivity contribution in [3.63, 3.8) is 0 Å². The molecule has 1 aliphatic rings. The van der Waals surface area contributed by atoms with Crippen LogP contribution >= 0.6 is 11.6 Å². The van der Waals surface area contributed by atoms with Crippen LogP contribution in [0.1, 0.15) is 6.92 Å². The molecular weight excluding hydrogens is 364 g/mol. The molecule has 1 amide bonds. The minimum Gasteiger partial charge on any atom is -0.507 e. The highest BCUT2D eigenvalue weighted by Gasteiger charge is 2.22. The standard InChI is InChI=1S/C20H19ClN4O2/c1-13(26)24-8-10-25(11-9-24)20-15-7-6-14(21)12-17(15)22-19(23-20)16-4-2-3-5-18(16)27/h2-7,12,27H,8-11H2,1H3. The molecule has 4 rings (SSSR count). The van der Waals surface area contributed by atoms with Crippen molar-refractivity contribution in [3.05, 3.63) is 47.5 Å². The maximum absolute atomic E-state index is 11.6. The van der Waals surface area contributed by atoms with Gasteiger partial charge in [-0.15, -0.1) is 0 Å². The molecule has 0 bridgehead atoms. The summed E-state index contributed by atoms with van der Waals surface area (Å²) in [5.74, 6) is 1.46. The number of phenolic OH excluding ortho intramolecular Hbond substituents is 1. The summed E-state index contributed by atoms with van der Waals surface area (Å²) in [7, 11) is 0. The number of hydrogen-bond acceptors (Lipinski definition) is 5. The number of carbonyl (C=O) groups excluding carboxylic acids is 1. The van der Waals surface area contributed by atoms with Crippen LogP contribution in [0.15, 0.2) is 42.5 Å². The Morgan fingerprint density at radius 2 is 1.81 bits per heavy atom. The number of halogens is 1. The predicted molar refractivity (Wildman–Crippen MR) is 106 cm³/mol. The maximum Gasteiger partial charge on any atom is 0.219 e. The summed E-state index contributed by atoms with van der Waals surface area (Å²) in [5.41, 5.74) is 1.29. The number of para-hydroxylation sites is 1. The van der Waals surface area contributed by atoms with Gasteiger partial charge in [0.05, 0.1) is 11.1 Å². The third-order valence-electron chi connectivity index (χ3n) is 4.81. The van der Waals surface area contributed by atoms with E-state index in [1.807, 2.05) is 23.1 Å². The maximum atomic E-state index is 11.6. The van der Waals surface area contributed by atoms with Crippen molar-refractivity contribution in [2.45, 2.75) is 6.92 Å². The van der Waals surface area contributed by atoms with Gasteiger partial charge in [-0.2, -0.15) is 0 Å². The Kier molecular flexibility index (Phi) is 4.58. The third kappa shape index (κ3) is 3.40.